The highest BCUT2D eigenvalue weighted by atomic mass is 16.5. The van der Waals surface area contributed by atoms with Crippen molar-refractivity contribution in [2.24, 2.45) is 0 Å². The van der Waals surface area contributed by atoms with Gasteiger partial charge in [0.1, 0.15) is 5.75 Å². The molecule has 1 N–H and O–H groups in total. The molecule has 1 aromatic heterocycles. The van der Waals surface area contributed by atoms with Crippen LogP contribution in [0.4, 0.5) is 0 Å². The second-order valence-electron chi connectivity index (χ2n) is 9.88. The van der Waals surface area contributed by atoms with Gasteiger partial charge in [-0.25, -0.2) is 4.98 Å². The van der Waals surface area contributed by atoms with Crippen LogP contribution in [0.25, 0.3) is 5.76 Å². The highest BCUT2D eigenvalue weighted by Crippen LogP contribution is 2.40. The van der Waals surface area contributed by atoms with Crippen molar-refractivity contribution in [1.29, 1.82) is 0 Å². The Balaban J connectivity index is 1.86. The van der Waals surface area contributed by atoms with Gasteiger partial charge in [0, 0.05) is 17.2 Å². The molecule has 4 rings (SSSR count). The quantitative estimate of drug-likeness (QED) is 0.324. The number of aromatic nitrogens is 1. The van der Waals surface area contributed by atoms with Crippen molar-refractivity contribution in [2.75, 3.05) is 7.11 Å². The minimum Gasteiger partial charge on any atom is -0.872 e. The number of rotatable bonds is 5. The molecular formula is C29H30N2O4. The molecule has 1 amide bonds. The molecule has 1 fully saturated rings. The zero-order chi connectivity index (χ0) is 25.3. The molecule has 0 bridgehead atoms. The summed E-state index contributed by atoms with van der Waals surface area (Å²) in [6, 6.07) is 15.8. The number of benzene rings is 2. The van der Waals surface area contributed by atoms with E-state index in [4.69, 9.17) is 4.74 Å². The molecule has 0 spiro atoms. The molecule has 3 aromatic rings. The SMILES string of the molecule is COc1ccc(/C([O-])=C2\C(=O)C(=O)N(Cc3ccc[nH+]c3)C2c2ccc(C(C)(C)C)cc2)cc1C. The topological polar surface area (TPSA) is 83.8 Å². The first-order valence-electron chi connectivity index (χ1n) is 11.6. The summed E-state index contributed by atoms with van der Waals surface area (Å²) in [7, 11) is 1.56. The van der Waals surface area contributed by atoms with E-state index < -0.39 is 23.5 Å². The van der Waals surface area contributed by atoms with Crippen molar-refractivity contribution in [3.63, 3.8) is 0 Å². The molecular weight excluding hydrogens is 440 g/mol. The minimum absolute atomic E-state index is 0.0250. The number of methoxy groups -OCH3 is 1. The average molecular weight is 471 g/mol. The van der Waals surface area contributed by atoms with Crippen molar-refractivity contribution in [2.45, 2.75) is 45.7 Å². The molecule has 0 aliphatic carbocycles. The summed E-state index contributed by atoms with van der Waals surface area (Å²) in [5.74, 6) is -1.22. The number of carbonyl (C=O) groups excluding carboxylic acids is 2. The molecule has 1 saturated heterocycles. The molecule has 0 saturated carbocycles. The Kier molecular flexibility index (Phi) is 6.48. The smallest absolute Gasteiger partial charge is 0.295 e. The molecule has 6 heteroatoms. The fraction of sp³-hybridized carbons (Fsp3) is 0.276. The Hall–Kier alpha value is -3.93. The second kappa shape index (κ2) is 9.37. The van der Waals surface area contributed by atoms with E-state index in [2.05, 4.69) is 25.8 Å². The predicted octanol–water partition coefficient (Wildman–Crippen LogP) is 3.54. The number of pyridine rings is 1. The van der Waals surface area contributed by atoms with Crippen LogP contribution in [-0.2, 0) is 21.5 Å². The second-order valence-corrected chi connectivity index (χ2v) is 9.88. The molecule has 6 nitrogen and oxygen atoms in total. The van der Waals surface area contributed by atoms with E-state index in [0.717, 1.165) is 22.3 Å². The van der Waals surface area contributed by atoms with Crippen LogP contribution in [0.2, 0.25) is 0 Å². The fourth-order valence-corrected chi connectivity index (χ4v) is 4.45. The number of H-pyrrole nitrogens is 1. The first-order valence-corrected chi connectivity index (χ1v) is 11.6. The number of Topliss-reactive ketones (excluding diaryl/α,β-unsaturated/α-hetero) is 1. The molecule has 0 radical (unpaired) electrons. The number of aryl methyl sites for hydroxylation is 1. The lowest BCUT2D eigenvalue weighted by Crippen LogP contribution is -2.29. The number of carbonyl (C=O) groups is 2. The van der Waals surface area contributed by atoms with Crippen molar-refractivity contribution < 1.29 is 24.4 Å². The third kappa shape index (κ3) is 4.69. The van der Waals surface area contributed by atoms with Crippen LogP contribution in [-0.4, -0.2) is 23.7 Å². The average Bonchev–Trinajstić information content (AvgIpc) is 3.08. The van der Waals surface area contributed by atoms with Gasteiger partial charge in [0.15, 0.2) is 12.4 Å². The van der Waals surface area contributed by atoms with Crippen LogP contribution in [0.15, 0.2) is 72.6 Å². The van der Waals surface area contributed by atoms with Crippen molar-refractivity contribution in [3.8, 4) is 5.75 Å². The lowest BCUT2D eigenvalue weighted by atomic mass is 9.85. The maximum atomic E-state index is 13.7. The Bertz CT molecular complexity index is 1290. The van der Waals surface area contributed by atoms with Gasteiger partial charge in [-0.15, -0.1) is 0 Å². The highest BCUT2D eigenvalue weighted by Gasteiger charge is 2.44. The number of likely N-dealkylation sites (tertiary alicyclic amines) is 1. The van der Waals surface area contributed by atoms with Crippen LogP contribution < -0.4 is 14.8 Å². The zero-order valence-electron chi connectivity index (χ0n) is 20.7. The molecule has 35 heavy (non-hydrogen) atoms. The van der Waals surface area contributed by atoms with E-state index in [9.17, 15) is 14.7 Å². The predicted molar refractivity (Wildman–Crippen MR) is 131 cm³/mol. The summed E-state index contributed by atoms with van der Waals surface area (Å²) < 4.78 is 5.31. The lowest BCUT2D eigenvalue weighted by Gasteiger charge is -2.28. The molecule has 2 heterocycles. The Morgan fingerprint density at radius 1 is 1.09 bits per heavy atom. The summed E-state index contributed by atoms with van der Waals surface area (Å²) >= 11 is 0. The summed E-state index contributed by atoms with van der Waals surface area (Å²) in [6.07, 6.45) is 3.56. The van der Waals surface area contributed by atoms with E-state index in [0.29, 0.717) is 11.3 Å². The van der Waals surface area contributed by atoms with Gasteiger partial charge in [-0.2, -0.15) is 0 Å². The first-order chi connectivity index (χ1) is 16.6. The van der Waals surface area contributed by atoms with Crippen LogP contribution in [0.5, 0.6) is 5.75 Å². The summed E-state index contributed by atoms with van der Waals surface area (Å²) in [5.41, 5.74) is 3.74. The number of hydrogen-bond acceptors (Lipinski definition) is 4. The Labute approximate surface area is 205 Å². The molecule has 1 atom stereocenters. The maximum absolute atomic E-state index is 13.7. The maximum Gasteiger partial charge on any atom is 0.295 e. The van der Waals surface area contributed by atoms with Gasteiger partial charge >= 0.3 is 0 Å². The number of aromatic amines is 1. The van der Waals surface area contributed by atoms with E-state index in [1.165, 1.54) is 4.90 Å². The first kappa shape index (κ1) is 24.2. The summed E-state index contributed by atoms with van der Waals surface area (Å²) in [5, 5.41) is 13.7. The van der Waals surface area contributed by atoms with E-state index in [-0.39, 0.29) is 17.5 Å². The van der Waals surface area contributed by atoms with E-state index >= 15 is 0 Å². The normalized spacial score (nSPS) is 17.6. The lowest BCUT2D eigenvalue weighted by molar-refractivity contribution is -0.378. The van der Waals surface area contributed by atoms with Crippen LogP contribution in [0.1, 0.15) is 54.6 Å². The third-order valence-electron chi connectivity index (χ3n) is 6.40. The Morgan fingerprint density at radius 2 is 1.80 bits per heavy atom. The molecule has 180 valence electrons. The number of nitrogens with zero attached hydrogens (tertiary/aromatic N) is 1. The summed E-state index contributed by atoms with van der Waals surface area (Å²) in [6.45, 7) is 8.40. The van der Waals surface area contributed by atoms with Gasteiger partial charge in [0.2, 0.25) is 5.78 Å². The Morgan fingerprint density at radius 3 is 2.37 bits per heavy atom. The largest absolute Gasteiger partial charge is 0.872 e. The van der Waals surface area contributed by atoms with Crippen LogP contribution in [0.3, 0.4) is 0 Å². The van der Waals surface area contributed by atoms with Crippen molar-refractivity contribution >= 4 is 17.4 Å². The molecule has 1 aliphatic rings. The van der Waals surface area contributed by atoms with Gasteiger partial charge in [-0.1, -0.05) is 56.9 Å². The number of ether oxygens (including phenoxy) is 1. The van der Waals surface area contributed by atoms with Crippen LogP contribution in [0, 0.1) is 6.92 Å². The van der Waals surface area contributed by atoms with E-state index in [1.54, 1.807) is 37.7 Å². The molecule has 1 unspecified atom stereocenters. The standard InChI is InChI=1S/C29H30N2O4/c1-18-15-21(10-13-23(18)35-5)26(32)24-25(20-8-11-22(12-9-20)29(2,3)4)31(28(34)27(24)33)17-19-7-6-14-30-16-19/h6-16,25,32H,17H2,1-5H3/b26-24+. The van der Waals surface area contributed by atoms with Gasteiger partial charge in [0.25, 0.3) is 5.91 Å². The van der Waals surface area contributed by atoms with Gasteiger partial charge in [0.05, 0.1) is 19.7 Å². The highest BCUT2D eigenvalue weighted by molar-refractivity contribution is 6.46. The number of nitrogens with one attached hydrogen (secondary N) is 1. The number of ketones is 1. The van der Waals surface area contributed by atoms with Gasteiger partial charge < -0.3 is 14.7 Å². The monoisotopic (exact) mass is 470 g/mol. The number of hydrogen-bond donors (Lipinski definition) is 0. The number of amides is 1. The van der Waals surface area contributed by atoms with Crippen molar-refractivity contribution in [3.05, 3.63) is 100 Å². The van der Waals surface area contributed by atoms with Crippen molar-refractivity contribution in [1.82, 2.24) is 4.90 Å². The third-order valence-corrected chi connectivity index (χ3v) is 6.40. The van der Waals surface area contributed by atoms with Crippen LogP contribution >= 0.6 is 0 Å². The molecule has 2 aromatic carbocycles. The van der Waals surface area contributed by atoms with Gasteiger partial charge in [-0.05, 0) is 52.8 Å². The minimum atomic E-state index is -0.779. The fourth-order valence-electron chi connectivity index (χ4n) is 4.45. The molecule has 1 aliphatic heterocycles. The van der Waals surface area contributed by atoms with Gasteiger partial charge in [-0.3, -0.25) is 9.59 Å². The summed E-state index contributed by atoms with van der Waals surface area (Å²) in [4.78, 5) is 31.0. The zero-order valence-corrected chi connectivity index (χ0v) is 20.7. The van der Waals surface area contributed by atoms with E-state index in [1.807, 2.05) is 43.3 Å².